The molecule has 1 amide bonds. The predicted octanol–water partition coefficient (Wildman–Crippen LogP) is 5.86. The van der Waals surface area contributed by atoms with Gasteiger partial charge in [-0.3, -0.25) is 9.78 Å². The smallest absolute Gasteiger partial charge is 0.257 e. The minimum absolute atomic E-state index is 0.287. The number of benzene rings is 1. The number of anilines is 1. The van der Waals surface area contributed by atoms with Gasteiger partial charge < -0.3 is 5.32 Å². The zero-order chi connectivity index (χ0) is 20.5. The summed E-state index contributed by atoms with van der Waals surface area (Å²) in [6, 6.07) is 15.1. The number of fused-ring (bicyclic) bond motifs is 1. The third kappa shape index (κ3) is 3.65. The van der Waals surface area contributed by atoms with E-state index in [1.807, 2.05) is 50.2 Å². The summed E-state index contributed by atoms with van der Waals surface area (Å²) >= 11 is 4.87. The van der Waals surface area contributed by atoms with Crippen molar-refractivity contribution in [3.63, 3.8) is 0 Å². The molecule has 3 aromatic heterocycles. The largest absolute Gasteiger partial charge is 0.312 e. The van der Waals surface area contributed by atoms with E-state index in [1.54, 1.807) is 12.3 Å². The Kier molecular flexibility index (Phi) is 5.14. The molecule has 3 heterocycles. The van der Waals surface area contributed by atoms with Crippen LogP contribution in [-0.4, -0.2) is 15.9 Å². The van der Waals surface area contributed by atoms with Gasteiger partial charge in [0.25, 0.3) is 5.91 Å². The van der Waals surface area contributed by atoms with Gasteiger partial charge in [-0.2, -0.15) is 5.26 Å². The highest BCUT2D eigenvalue weighted by atomic mass is 79.9. The first-order chi connectivity index (χ1) is 14.0. The maximum atomic E-state index is 13.2. The van der Waals surface area contributed by atoms with Crippen LogP contribution < -0.4 is 5.32 Å². The molecule has 0 aliphatic rings. The van der Waals surface area contributed by atoms with E-state index >= 15 is 0 Å². The monoisotopic (exact) mass is 462 g/mol. The quantitative estimate of drug-likeness (QED) is 0.413. The fraction of sp³-hybridized carbons (Fsp3) is 0.0909. The molecule has 0 unspecified atom stereocenters. The molecule has 0 saturated heterocycles. The minimum Gasteiger partial charge on any atom is -0.312 e. The van der Waals surface area contributed by atoms with Crippen molar-refractivity contribution in [3.05, 3.63) is 74.7 Å². The van der Waals surface area contributed by atoms with Crippen LogP contribution >= 0.6 is 27.3 Å². The molecule has 1 aromatic carbocycles. The van der Waals surface area contributed by atoms with Gasteiger partial charge in [0.15, 0.2) is 0 Å². The number of pyridine rings is 2. The Labute approximate surface area is 180 Å². The van der Waals surface area contributed by atoms with Crippen molar-refractivity contribution in [1.82, 2.24) is 9.97 Å². The third-order valence-corrected chi connectivity index (χ3v) is 6.28. The molecule has 29 heavy (non-hydrogen) atoms. The molecule has 0 aliphatic carbocycles. The number of hydrogen-bond acceptors (Lipinski definition) is 5. The van der Waals surface area contributed by atoms with Crippen LogP contribution in [0.2, 0.25) is 0 Å². The molecule has 0 aliphatic heterocycles. The molecule has 1 N–H and O–H groups in total. The van der Waals surface area contributed by atoms with Gasteiger partial charge >= 0.3 is 0 Å². The number of halogens is 1. The maximum absolute atomic E-state index is 13.2. The van der Waals surface area contributed by atoms with E-state index < -0.39 is 0 Å². The highest BCUT2D eigenvalue weighted by Gasteiger charge is 2.19. The summed E-state index contributed by atoms with van der Waals surface area (Å²) < 4.78 is 0.854. The van der Waals surface area contributed by atoms with Crippen molar-refractivity contribution < 1.29 is 4.79 Å². The summed E-state index contributed by atoms with van der Waals surface area (Å²) in [5.41, 5.74) is 3.87. The molecular weight excluding hydrogens is 448 g/mol. The fourth-order valence-electron chi connectivity index (χ4n) is 3.05. The van der Waals surface area contributed by atoms with E-state index in [4.69, 9.17) is 0 Å². The average Bonchev–Trinajstić information content (AvgIpc) is 3.00. The van der Waals surface area contributed by atoms with Crippen LogP contribution in [0.1, 0.15) is 26.4 Å². The lowest BCUT2D eigenvalue weighted by atomic mass is 10.1. The summed E-state index contributed by atoms with van der Waals surface area (Å²) in [5, 5.41) is 13.7. The fourth-order valence-corrected chi connectivity index (χ4v) is 4.42. The molecule has 7 heteroatoms. The SMILES string of the molecule is Cc1sc(NC(=O)c2cc(-c3ccccn3)nc3ccc(Br)cc23)c(C#N)c1C. The van der Waals surface area contributed by atoms with Gasteiger partial charge in [-0.05, 0) is 55.8 Å². The molecular formula is C22H15BrN4OS. The molecule has 4 rings (SSSR count). The van der Waals surface area contributed by atoms with Crippen LogP contribution in [0.15, 0.2) is 53.1 Å². The lowest BCUT2D eigenvalue weighted by Gasteiger charge is -2.10. The summed E-state index contributed by atoms with van der Waals surface area (Å²) in [7, 11) is 0. The van der Waals surface area contributed by atoms with Crippen molar-refractivity contribution in [2.75, 3.05) is 5.32 Å². The van der Waals surface area contributed by atoms with Gasteiger partial charge in [-0.1, -0.05) is 22.0 Å². The molecule has 4 aromatic rings. The molecule has 0 spiro atoms. The Balaban J connectivity index is 1.85. The molecule has 5 nitrogen and oxygen atoms in total. The zero-order valence-corrected chi connectivity index (χ0v) is 18.1. The molecule has 142 valence electrons. The predicted molar refractivity (Wildman–Crippen MR) is 119 cm³/mol. The number of nitrogens with zero attached hydrogens (tertiary/aromatic N) is 3. The molecule has 0 saturated carbocycles. The number of hydrogen-bond donors (Lipinski definition) is 1. The van der Waals surface area contributed by atoms with E-state index in [1.165, 1.54) is 11.3 Å². The van der Waals surface area contributed by atoms with E-state index in [0.717, 1.165) is 20.3 Å². The Hall–Kier alpha value is -3.08. The maximum Gasteiger partial charge on any atom is 0.257 e. The first-order valence-electron chi connectivity index (χ1n) is 8.81. The van der Waals surface area contributed by atoms with Gasteiger partial charge in [0.05, 0.1) is 28.0 Å². The zero-order valence-electron chi connectivity index (χ0n) is 15.7. The van der Waals surface area contributed by atoms with Crippen LogP contribution in [-0.2, 0) is 0 Å². The molecule has 0 fully saturated rings. The third-order valence-electron chi connectivity index (χ3n) is 4.67. The van der Waals surface area contributed by atoms with Crippen LogP contribution in [0.25, 0.3) is 22.3 Å². The first-order valence-corrected chi connectivity index (χ1v) is 10.4. The summed E-state index contributed by atoms with van der Waals surface area (Å²) in [6.45, 7) is 3.83. The van der Waals surface area contributed by atoms with E-state index in [2.05, 4.69) is 37.3 Å². The lowest BCUT2D eigenvalue weighted by molar-refractivity contribution is 0.102. The van der Waals surface area contributed by atoms with Crippen LogP contribution in [0.4, 0.5) is 5.00 Å². The van der Waals surface area contributed by atoms with Gasteiger partial charge in [-0.15, -0.1) is 11.3 Å². The Bertz CT molecular complexity index is 1290. The van der Waals surface area contributed by atoms with Crippen molar-refractivity contribution in [3.8, 4) is 17.5 Å². The van der Waals surface area contributed by atoms with Crippen LogP contribution in [0, 0.1) is 25.2 Å². The molecule has 0 radical (unpaired) electrons. The Morgan fingerprint density at radius 1 is 1.17 bits per heavy atom. The Morgan fingerprint density at radius 2 is 2.00 bits per heavy atom. The average molecular weight is 463 g/mol. The van der Waals surface area contributed by atoms with Crippen molar-refractivity contribution in [2.24, 2.45) is 0 Å². The van der Waals surface area contributed by atoms with Gasteiger partial charge in [0, 0.05) is 20.9 Å². The van der Waals surface area contributed by atoms with Gasteiger partial charge in [0.1, 0.15) is 11.1 Å². The number of rotatable bonds is 3. The second-order valence-electron chi connectivity index (χ2n) is 6.48. The van der Waals surface area contributed by atoms with E-state index in [-0.39, 0.29) is 5.91 Å². The summed E-state index contributed by atoms with van der Waals surface area (Å²) in [5.74, 6) is -0.287. The van der Waals surface area contributed by atoms with Crippen molar-refractivity contribution >= 4 is 49.1 Å². The number of carbonyl (C=O) groups is 1. The van der Waals surface area contributed by atoms with Crippen LogP contribution in [0.3, 0.4) is 0 Å². The van der Waals surface area contributed by atoms with Crippen molar-refractivity contribution in [1.29, 1.82) is 5.26 Å². The van der Waals surface area contributed by atoms with Crippen molar-refractivity contribution in [2.45, 2.75) is 13.8 Å². The number of thiophene rings is 1. The topological polar surface area (TPSA) is 78.7 Å². The number of nitriles is 1. The van der Waals surface area contributed by atoms with Gasteiger partial charge in [0.2, 0.25) is 0 Å². The number of carbonyl (C=O) groups excluding carboxylic acids is 1. The van der Waals surface area contributed by atoms with Crippen LogP contribution in [0.5, 0.6) is 0 Å². The molecule has 0 atom stereocenters. The molecule has 0 bridgehead atoms. The minimum atomic E-state index is -0.287. The van der Waals surface area contributed by atoms with Gasteiger partial charge in [-0.25, -0.2) is 4.98 Å². The normalized spacial score (nSPS) is 10.7. The second kappa shape index (κ2) is 7.74. The second-order valence-corrected chi connectivity index (χ2v) is 8.63. The highest BCUT2D eigenvalue weighted by molar-refractivity contribution is 9.10. The summed E-state index contributed by atoms with van der Waals surface area (Å²) in [6.07, 6.45) is 1.69. The lowest BCUT2D eigenvalue weighted by Crippen LogP contribution is -2.13. The number of aromatic nitrogens is 2. The van der Waals surface area contributed by atoms with E-state index in [9.17, 15) is 10.1 Å². The standard InChI is InChI=1S/C22H15BrN4OS/c1-12-13(2)29-22(17(12)11-24)27-21(28)16-10-20(19-5-3-4-8-25-19)26-18-7-6-14(23)9-15(16)18/h3-10H,1-2H3,(H,27,28). The first kappa shape index (κ1) is 19.2. The highest BCUT2D eigenvalue weighted by Crippen LogP contribution is 2.33. The number of aryl methyl sites for hydroxylation is 1. The van der Waals surface area contributed by atoms with E-state index in [0.29, 0.717) is 33.0 Å². The number of nitrogens with one attached hydrogen (secondary N) is 1. The Morgan fingerprint density at radius 3 is 2.72 bits per heavy atom. The summed E-state index contributed by atoms with van der Waals surface area (Å²) in [4.78, 5) is 23.3. The number of amides is 1.